The smallest absolute Gasteiger partial charge is 0.192 e. The Kier molecular flexibility index (Phi) is 8.88. The van der Waals surface area contributed by atoms with Gasteiger partial charge in [-0.3, -0.25) is 0 Å². The standard InChI is InChI=1S/C16H34OSi/c1-7-8-9-10-11-12-13-14-15-17-18(5,6)16(2,3)4/h13-14H,7-12,15H2,1-6H3. The van der Waals surface area contributed by atoms with Crippen LogP contribution in [0, 0.1) is 0 Å². The van der Waals surface area contributed by atoms with Crippen LogP contribution < -0.4 is 0 Å². The second-order valence-electron chi connectivity index (χ2n) is 6.75. The van der Waals surface area contributed by atoms with Crippen LogP contribution in [0.25, 0.3) is 0 Å². The molecule has 0 bridgehead atoms. The molecule has 0 rings (SSSR count). The van der Waals surface area contributed by atoms with E-state index in [1.165, 1.54) is 38.5 Å². The molecule has 0 aromatic rings. The van der Waals surface area contributed by atoms with E-state index in [0.717, 1.165) is 6.61 Å². The van der Waals surface area contributed by atoms with Gasteiger partial charge in [0, 0.05) is 0 Å². The van der Waals surface area contributed by atoms with Gasteiger partial charge < -0.3 is 4.43 Å². The molecule has 0 aromatic carbocycles. The van der Waals surface area contributed by atoms with Crippen LogP contribution in [0.2, 0.25) is 18.1 Å². The predicted molar refractivity (Wildman–Crippen MR) is 85.7 cm³/mol. The first kappa shape index (κ1) is 17.9. The van der Waals surface area contributed by atoms with Crippen LogP contribution in [0.5, 0.6) is 0 Å². The minimum Gasteiger partial charge on any atom is -0.413 e. The van der Waals surface area contributed by atoms with E-state index in [0.29, 0.717) is 5.04 Å². The Hall–Kier alpha value is -0.0831. The molecule has 0 aliphatic rings. The third-order valence-corrected chi connectivity index (χ3v) is 8.49. The van der Waals surface area contributed by atoms with E-state index in [-0.39, 0.29) is 0 Å². The van der Waals surface area contributed by atoms with Crippen molar-refractivity contribution in [2.75, 3.05) is 6.61 Å². The summed E-state index contributed by atoms with van der Waals surface area (Å²) >= 11 is 0. The Morgan fingerprint density at radius 2 is 1.56 bits per heavy atom. The summed E-state index contributed by atoms with van der Waals surface area (Å²) in [4.78, 5) is 0. The van der Waals surface area contributed by atoms with E-state index >= 15 is 0 Å². The first-order chi connectivity index (χ1) is 8.31. The van der Waals surface area contributed by atoms with Crippen molar-refractivity contribution in [3.8, 4) is 0 Å². The SMILES string of the molecule is CCCCCCCC=CCO[Si](C)(C)C(C)(C)C. The molecule has 108 valence electrons. The van der Waals surface area contributed by atoms with Crippen molar-refractivity contribution < 1.29 is 4.43 Å². The lowest BCUT2D eigenvalue weighted by Gasteiger charge is -2.35. The Labute approximate surface area is 116 Å². The molecule has 0 unspecified atom stereocenters. The van der Waals surface area contributed by atoms with Gasteiger partial charge in [0.15, 0.2) is 8.32 Å². The summed E-state index contributed by atoms with van der Waals surface area (Å²) in [6.45, 7) is 14.5. The minimum absolute atomic E-state index is 0.320. The van der Waals surface area contributed by atoms with Gasteiger partial charge in [-0.15, -0.1) is 0 Å². The highest BCUT2D eigenvalue weighted by Gasteiger charge is 2.36. The maximum Gasteiger partial charge on any atom is 0.192 e. The van der Waals surface area contributed by atoms with Gasteiger partial charge in [-0.25, -0.2) is 0 Å². The van der Waals surface area contributed by atoms with E-state index in [1.54, 1.807) is 0 Å². The van der Waals surface area contributed by atoms with Crippen LogP contribution in [-0.4, -0.2) is 14.9 Å². The van der Waals surface area contributed by atoms with Crippen LogP contribution in [0.4, 0.5) is 0 Å². The molecule has 0 aromatic heterocycles. The monoisotopic (exact) mass is 270 g/mol. The number of unbranched alkanes of at least 4 members (excludes halogenated alkanes) is 5. The summed E-state index contributed by atoms with van der Waals surface area (Å²) < 4.78 is 6.09. The maximum absolute atomic E-state index is 6.09. The van der Waals surface area contributed by atoms with Crippen molar-refractivity contribution in [2.45, 2.75) is 84.4 Å². The zero-order valence-corrected chi connectivity index (χ0v) is 14.5. The highest BCUT2D eigenvalue weighted by atomic mass is 28.4. The first-order valence-electron chi connectivity index (χ1n) is 7.60. The molecule has 0 heterocycles. The van der Waals surface area contributed by atoms with Crippen molar-refractivity contribution in [3.05, 3.63) is 12.2 Å². The summed E-state index contributed by atoms with van der Waals surface area (Å²) in [6.07, 6.45) is 12.5. The number of allylic oxidation sites excluding steroid dienone is 1. The van der Waals surface area contributed by atoms with E-state index in [2.05, 4.69) is 52.9 Å². The third-order valence-electron chi connectivity index (χ3n) is 3.99. The second kappa shape index (κ2) is 8.92. The Morgan fingerprint density at radius 3 is 2.11 bits per heavy atom. The lowest BCUT2D eigenvalue weighted by atomic mass is 10.1. The van der Waals surface area contributed by atoms with E-state index in [1.807, 2.05) is 0 Å². The zero-order valence-electron chi connectivity index (χ0n) is 13.5. The summed E-state index contributed by atoms with van der Waals surface area (Å²) in [5.41, 5.74) is 0. The van der Waals surface area contributed by atoms with Crippen LogP contribution >= 0.6 is 0 Å². The largest absolute Gasteiger partial charge is 0.413 e. The fraction of sp³-hybridized carbons (Fsp3) is 0.875. The quantitative estimate of drug-likeness (QED) is 0.287. The molecule has 0 aliphatic heterocycles. The van der Waals surface area contributed by atoms with Crippen molar-refractivity contribution >= 4 is 8.32 Å². The van der Waals surface area contributed by atoms with Gasteiger partial charge >= 0.3 is 0 Å². The van der Waals surface area contributed by atoms with Gasteiger partial charge in [0.2, 0.25) is 0 Å². The third kappa shape index (κ3) is 8.10. The fourth-order valence-electron chi connectivity index (χ4n) is 1.52. The fourth-order valence-corrected chi connectivity index (χ4v) is 2.47. The van der Waals surface area contributed by atoms with Gasteiger partial charge in [-0.2, -0.15) is 0 Å². The van der Waals surface area contributed by atoms with Crippen LogP contribution in [0.15, 0.2) is 12.2 Å². The highest BCUT2D eigenvalue weighted by Crippen LogP contribution is 2.36. The Morgan fingerprint density at radius 1 is 0.944 bits per heavy atom. The predicted octanol–water partition coefficient (Wildman–Crippen LogP) is 5.92. The minimum atomic E-state index is -1.54. The molecule has 0 amide bonds. The molecule has 1 nitrogen and oxygen atoms in total. The van der Waals surface area contributed by atoms with E-state index in [4.69, 9.17) is 4.43 Å². The van der Waals surface area contributed by atoms with Crippen molar-refractivity contribution in [2.24, 2.45) is 0 Å². The molecular formula is C16H34OSi. The molecule has 0 N–H and O–H groups in total. The molecule has 0 saturated carbocycles. The lowest BCUT2D eigenvalue weighted by Crippen LogP contribution is -2.40. The van der Waals surface area contributed by atoms with Gasteiger partial charge in [-0.05, 0) is 31.0 Å². The molecule has 0 saturated heterocycles. The number of hydrogen-bond donors (Lipinski definition) is 0. The van der Waals surface area contributed by atoms with Gasteiger partial charge in [0.25, 0.3) is 0 Å². The molecule has 0 atom stereocenters. The van der Waals surface area contributed by atoms with Crippen LogP contribution in [-0.2, 0) is 4.43 Å². The lowest BCUT2D eigenvalue weighted by molar-refractivity contribution is 0.327. The topological polar surface area (TPSA) is 9.23 Å². The summed E-state index contributed by atoms with van der Waals surface area (Å²) in [6, 6.07) is 0. The Balaban J connectivity index is 3.60. The van der Waals surface area contributed by atoms with Gasteiger partial charge in [-0.1, -0.05) is 65.5 Å². The summed E-state index contributed by atoms with van der Waals surface area (Å²) in [7, 11) is -1.54. The normalized spacial score (nSPS) is 13.4. The first-order valence-corrected chi connectivity index (χ1v) is 10.5. The van der Waals surface area contributed by atoms with Crippen LogP contribution in [0.3, 0.4) is 0 Å². The Bertz CT molecular complexity index is 226. The molecule has 0 aliphatic carbocycles. The number of hydrogen-bond acceptors (Lipinski definition) is 1. The molecular weight excluding hydrogens is 236 g/mol. The molecule has 0 fully saturated rings. The molecule has 0 spiro atoms. The zero-order chi connectivity index (χ0) is 14.1. The second-order valence-corrected chi connectivity index (χ2v) is 11.6. The average molecular weight is 271 g/mol. The summed E-state index contributed by atoms with van der Waals surface area (Å²) in [5, 5.41) is 0.320. The van der Waals surface area contributed by atoms with Crippen molar-refractivity contribution in [1.82, 2.24) is 0 Å². The van der Waals surface area contributed by atoms with E-state index in [9.17, 15) is 0 Å². The number of rotatable bonds is 9. The van der Waals surface area contributed by atoms with Gasteiger partial charge in [0.05, 0.1) is 6.61 Å². The average Bonchev–Trinajstić information content (AvgIpc) is 2.25. The molecule has 0 radical (unpaired) electrons. The van der Waals surface area contributed by atoms with Crippen LogP contribution in [0.1, 0.15) is 66.2 Å². The summed E-state index contributed by atoms with van der Waals surface area (Å²) in [5.74, 6) is 0. The van der Waals surface area contributed by atoms with Crippen molar-refractivity contribution in [3.63, 3.8) is 0 Å². The molecule has 2 heteroatoms. The van der Waals surface area contributed by atoms with Crippen molar-refractivity contribution in [1.29, 1.82) is 0 Å². The maximum atomic E-state index is 6.09. The van der Waals surface area contributed by atoms with Gasteiger partial charge in [0.1, 0.15) is 0 Å². The van der Waals surface area contributed by atoms with E-state index < -0.39 is 8.32 Å². The highest BCUT2D eigenvalue weighted by molar-refractivity contribution is 6.74. The molecule has 18 heavy (non-hydrogen) atoms.